The topological polar surface area (TPSA) is 88.7 Å². The maximum atomic E-state index is 13.1. The molecule has 0 unspecified atom stereocenters. The third-order valence-corrected chi connectivity index (χ3v) is 8.15. The first-order valence-corrected chi connectivity index (χ1v) is 12.1. The first kappa shape index (κ1) is 22.4. The molecule has 0 saturated carbocycles. The van der Waals surface area contributed by atoms with Gasteiger partial charge in [0, 0.05) is 48.8 Å². The van der Waals surface area contributed by atoms with Gasteiger partial charge in [-0.05, 0) is 45.9 Å². The van der Waals surface area contributed by atoms with Crippen LogP contribution in [0.1, 0.15) is 33.2 Å². The highest BCUT2D eigenvalue weighted by Gasteiger charge is 2.33. The molecule has 3 heterocycles. The molecule has 0 radical (unpaired) electrons. The highest BCUT2D eigenvalue weighted by molar-refractivity contribution is 7.89. The van der Waals surface area contributed by atoms with E-state index in [4.69, 9.17) is 4.52 Å². The Morgan fingerprint density at radius 2 is 1.69 bits per heavy atom. The number of hydrogen-bond donors (Lipinski definition) is 0. The number of sulfonamides is 1. The first-order chi connectivity index (χ1) is 15.2. The molecule has 1 aliphatic rings. The van der Waals surface area contributed by atoms with Crippen LogP contribution in [0.3, 0.4) is 0 Å². The largest absolute Gasteiger partial charge is 0.360 e. The van der Waals surface area contributed by atoms with Crippen LogP contribution in [-0.2, 0) is 10.0 Å². The minimum Gasteiger partial charge on any atom is -0.360 e. The lowest BCUT2D eigenvalue weighted by atomic mass is 10.1. The van der Waals surface area contributed by atoms with Gasteiger partial charge in [0.15, 0.2) is 11.5 Å². The molecule has 3 aromatic rings. The van der Waals surface area contributed by atoms with E-state index in [2.05, 4.69) is 9.72 Å². The molecule has 1 saturated heterocycles. The van der Waals surface area contributed by atoms with Crippen molar-refractivity contribution >= 4 is 15.8 Å². The van der Waals surface area contributed by atoms with Crippen LogP contribution in [0.15, 0.2) is 45.8 Å². The van der Waals surface area contributed by atoms with Crippen LogP contribution in [0.25, 0.3) is 5.69 Å². The molecule has 0 atom stereocenters. The molecule has 0 amide bonds. The number of hydrogen-bond acceptors (Lipinski definition) is 6. The first-order valence-electron chi connectivity index (χ1n) is 10.6. The Labute approximate surface area is 188 Å². The fourth-order valence-corrected chi connectivity index (χ4v) is 6.12. The van der Waals surface area contributed by atoms with Crippen LogP contribution in [-0.4, -0.2) is 65.9 Å². The summed E-state index contributed by atoms with van der Waals surface area (Å²) in [5.74, 6) is 0.344. The van der Waals surface area contributed by atoms with Crippen LogP contribution in [0, 0.1) is 27.7 Å². The molecule has 2 aromatic heterocycles. The molecule has 8 nitrogen and oxygen atoms in total. The number of Topliss-reactive ketones (excluding diaryl/α,β-unsaturated/α-hetero) is 1. The molecule has 32 heavy (non-hydrogen) atoms. The highest BCUT2D eigenvalue weighted by Crippen LogP contribution is 2.25. The second kappa shape index (κ2) is 8.65. The Bertz CT molecular complexity index is 1220. The normalized spacial score (nSPS) is 15.9. The van der Waals surface area contributed by atoms with Crippen LogP contribution in [0.2, 0.25) is 0 Å². The van der Waals surface area contributed by atoms with E-state index in [1.54, 1.807) is 13.8 Å². The van der Waals surface area contributed by atoms with Crippen molar-refractivity contribution < 1.29 is 17.7 Å². The Hall–Kier alpha value is -2.75. The number of ketones is 1. The van der Waals surface area contributed by atoms with Crippen LogP contribution in [0.4, 0.5) is 0 Å². The molecule has 170 valence electrons. The lowest BCUT2D eigenvalue weighted by molar-refractivity contribution is 0.0901. The Morgan fingerprint density at radius 3 is 2.28 bits per heavy atom. The predicted molar refractivity (Wildman–Crippen MR) is 121 cm³/mol. The van der Waals surface area contributed by atoms with Crippen LogP contribution >= 0.6 is 0 Å². The van der Waals surface area contributed by atoms with E-state index in [9.17, 15) is 13.2 Å². The molecule has 0 bridgehead atoms. The smallest absolute Gasteiger partial charge is 0.248 e. The van der Waals surface area contributed by atoms with E-state index in [1.165, 1.54) is 4.31 Å². The van der Waals surface area contributed by atoms with Gasteiger partial charge in [0.25, 0.3) is 0 Å². The van der Waals surface area contributed by atoms with Gasteiger partial charge >= 0.3 is 0 Å². The summed E-state index contributed by atoms with van der Waals surface area (Å²) in [6.45, 7) is 9.08. The summed E-state index contributed by atoms with van der Waals surface area (Å²) < 4.78 is 34.6. The zero-order chi connectivity index (χ0) is 23.0. The number of carbonyl (C=O) groups is 1. The molecular formula is C23H28N4O4S. The number of rotatable bonds is 6. The van der Waals surface area contributed by atoms with Crippen molar-refractivity contribution in [2.75, 3.05) is 32.7 Å². The van der Waals surface area contributed by atoms with Gasteiger partial charge in [0.05, 0.1) is 6.54 Å². The Balaban J connectivity index is 1.44. The molecule has 1 fully saturated rings. The van der Waals surface area contributed by atoms with Gasteiger partial charge in [0.1, 0.15) is 10.6 Å². The van der Waals surface area contributed by atoms with Gasteiger partial charge in [-0.1, -0.05) is 23.4 Å². The second-order valence-electron chi connectivity index (χ2n) is 8.21. The van der Waals surface area contributed by atoms with E-state index in [1.807, 2.05) is 55.1 Å². The van der Waals surface area contributed by atoms with Crippen LogP contribution < -0.4 is 0 Å². The van der Waals surface area contributed by atoms with E-state index >= 15 is 0 Å². The molecule has 0 aliphatic carbocycles. The summed E-state index contributed by atoms with van der Waals surface area (Å²) in [5, 5.41) is 3.77. The second-order valence-corrected chi connectivity index (χ2v) is 10.1. The fourth-order valence-electron chi connectivity index (χ4n) is 4.41. The van der Waals surface area contributed by atoms with Crippen LogP contribution in [0.5, 0.6) is 0 Å². The van der Waals surface area contributed by atoms with Crippen molar-refractivity contribution in [3.05, 3.63) is 64.8 Å². The number of benzene rings is 1. The minimum atomic E-state index is -3.66. The van der Waals surface area contributed by atoms with Gasteiger partial charge in [-0.2, -0.15) is 4.31 Å². The zero-order valence-electron chi connectivity index (χ0n) is 18.8. The van der Waals surface area contributed by atoms with Crippen molar-refractivity contribution in [1.82, 2.24) is 18.9 Å². The summed E-state index contributed by atoms with van der Waals surface area (Å²) in [5.41, 5.74) is 4.02. The van der Waals surface area contributed by atoms with Gasteiger partial charge in [-0.3, -0.25) is 9.69 Å². The van der Waals surface area contributed by atoms with Gasteiger partial charge in [-0.15, -0.1) is 0 Å². The molecule has 1 aliphatic heterocycles. The van der Waals surface area contributed by atoms with E-state index in [-0.39, 0.29) is 17.2 Å². The molecule has 4 rings (SSSR count). The molecule has 0 spiro atoms. The summed E-state index contributed by atoms with van der Waals surface area (Å²) in [7, 11) is -3.66. The number of carbonyl (C=O) groups excluding carboxylic acids is 1. The number of para-hydroxylation sites is 1. The van der Waals surface area contributed by atoms with Crippen molar-refractivity contribution in [2.45, 2.75) is 32.6 Å². The number of aryl methyl sites for hydroxylation is 3. The van der Waals surface area contributed by atoms with Gasteiger partial charge in [0.2, 0.25) is 10.0 Å². The fraction of sp³-hybridized carbons (Fsp3) is 0.391. The van der Waals surface area contributed by atoms with Gasteiger partial charge < -0.3 is 9.09 Å². The predicted octanol–water partition coefficient (Wildman–Crippen LogP) is 2.89. The van der Waals surface area contributed by atoms with E-state index in [0.29, 0.717) is 43.2 Å². The third kappa shape index (κ3) is 4.03. The summed E-state index contributed by atoms with van der Waals surface area (Å²) >= 11 is 0. The number of aromatic nitrogens is 2. The summed E-state index contributed by atoms with van der Waals surface area (Å²) in [4.78, 5) is 15.2. The zero-order valence-corrected chi connectivity index (χ0v) is 19.6. The standard InChI is InChI=1S/C23H28N4O4S/c1-16-14-21(18(3)27(16)20-8-6-5-7-9-20)22(28)15-25-10-12-26(13-11-25)32(29,30)23-17(2)24-31-19(23)4/h5-9,14H,10-13,15H2,1-4H3. The summed E-state index contributed by atoms with van der Waals surface area (Å²) in [6.07, 6.45) is 0. The molecule has 1 aromatic carbocycles. The lowest BCUT2D eigenvalue weighted by Gasteiger charge is -2.33. The Morgan fingerprint density at radius 1 is 1.03 bits per heavy atom. The molecule has 9 heteroatoms. The lowest BCUT2D eigenvalue weighted by Crippen LogP contribution is -2.49. The monoisotopic (exact) mass is 456 g/mol. The number of nitrogens with zero attached hydrogens (tertiary/aromatic N) is 4. The maximum Gasteiger partial charge on any atom is 0.248 e. The highest BCUT2D eigenvalue weighted by atomic mass is 32.2. The minimum absolute atomic E-state index is 0.0438. The Kier molecular flexibility index (Phi) is 6.07. The SMILES string of the molecule is Cc1noc(C)c1S(=O)(=O)N1CCN(CC(=O)c2cc(C)n(-c3ccccc3)c2C)CC1. The van der Waals surface area contributed by atoms with Crippen molar-refractivity contribution in [3.8, 4) is 5.69 Å². The quantitative estimate of drug-likeness (QED) is 0.530. The van der Waals surface area contributed by atoms with E-state index < -0.39 is 10.0 Å². The number of piperazine rings is 1. The molecular weight excluding hydrogens is 428 g/mol. The average molecular weight is 457 g/mol. The maximum absolute atomic E-state index is 13.1. The van der Waals surface area contributed by atoms with Crippen molar-refractivity contribution in [1.29, 1.82) is 0 Å². The summed E-state index contributed by atoms with van der Waals surface area (Å²) in [6, 6.07) is 11.9. The van der Waals surface area contributed by atoms with Gasteiger partial charge in [-0.25, -0.2) is 8.42 Å². The van der Waals surface area contributed by atoms with Crippen molar-refractivity contribution in [2.24, 2.45) is 0 Å². The third-order valence-electron chi connectivity index (χ3n) is 6.01. The van der Waals surface area contributed by atoms with E-state index in [0.717, 1.165) is 17.1 Å². The molecule has 0 N–H and O–H groups in total. The average Bonchev–Trinajstić information content (AvgIpc) is 3.26. The van der Waals surface area contributed by atoms with Crippen molar-refractivity contribution in [3.63, 3.8) is 0 Å².